The molecule has 2 amide bonds. The molecule has 0 bridgehead atoms. The van der Waals surface area contributed by atoms with Gasteiger partial charge in [-0.25, -0.2) is 9.78 Å². The molecular formula is C14H23N3O2S. The van der Waals surface area contributed by atoms with E-state index in [2.05, 4.69) is 24.1 Å². The van der Waals surface area contributed by atoms with E-state index in [0.29, 0.717) is 12.5 Å². The van der Waals surface area contributed by atoms with Gasteiger partial charge in [-0.2, -0.15) is 0 Å². The Balaban J connectivity index is 1.79. The number of rotatable bonds is 5. The van der Waals surface area contributed by atoms with E-state index in [1.807, 2.05) is 12.4 Å². The van der Waals surface area contributed by atoms with Gasteiger partial charge < -0.3 is 15.0 Å². The third-order valence-electron chi connectivity index (χ3n) is 3.79. The largest absolute Gasteiger partial charge is 0.381 e. The number of aromatic nitrogens is 1. The normalized spacial score (nSPS) is 21.4. The molecule has 6 heteroatoms. The first kappa shape index (κ1) is 15.3. The molecule has 2 rings (SSSR count). The SMILES string of the molecule is CC(CN(C)C(=O)NC(C)C1CCOC1)c1nccs1. The summed E-state index contributed by atoms with van der Waals surface area (Å²) in [5.74, 6) is 0.694. The fourth-order valence-electron chi connectivity index (χ4n) is 2.42. The van der Waals surface area contributed by atoms with Gasteiger partial charge in [0.1, 0.15) is 0 Å². The van der Waals surface area contributed by atoms with Crippen molar-refractivity contribution in [1.82, 2.24) is 15.2 Å². The number of carbonyl (C=O) groups is 1. The minimum atomic E-state index is -0.0205. The summed E-state index contributed by atoms with van der Waals surface area (Å²) in [6, 6.07) is 0.135. The molecule has 0 aromatic carbocycles. The maximum absolute atomic E-state index is 12.2. The number of nitrogens with zero attached hydrogens (tertiary/aromatic N) is 2. The lowest BCUT2D eigenvalue weighted by atomic mass is 10.0. The average molecular weight is 297 g/mol. The highest BCUT2D eigenvalue weighted by Gasteiger charge is 2.25. The van der Waals surface area contributed by atoms with Crippen molar-refractivity contribution in [3.8, 4) is 0 Å². The summed E-state index contributed by atoms with van der Waals surface area (Å²) in [5.41, 5.74) is 0. The van der Waals surface area contributed by atoms with E-state index in [0.717, 1.165) is 24.6 Å². The molecule has 20 heavy (non-hydrogen) atoms. The maximum Gasteiger partial charge on any atom is 0.317 e. The highest BCUT2D eigenvalue weighted by atomic mass is 32.1. The fourth-order valence-corrected chi connectivity index (χ4v) is 3.11. The molecule has 1 fully saturated rings. The van der Waals surface area contributed by atoms with Gasteiger partial charge in [0.2, 0.25) is 0 Å². The molecule has 3 unspecified atom stereocenters. The minimum Gasteiger partial charge on any atom is -0.381 e. The molecule has 1 aliphatic heterocycles. The van der Waals surface area contributed by atoms with Crippen LogP contribution < -0.4 is 5.32 Å². The zero-order valence-corrected chi connectivity index (χ0v) is 13.2. The van der Waals surface area contributed by atoms with Crippen LogP contribution >= 0.6 is 11.3 Å². The first-order valence-corrected chi connectivity index (χ1v) is 7.94. The molecule has 0 aliphatic carbocycles. The molecule has 0 radical (unpaired) electrons. The number of ether oxygens (including phenoxy) is 1. The zero-order chi connectivity index (χ0) is 14.5. The lowest BCUT2D eigenvalue weighted by Gasteiger charge is -2.25. The van der Waals surface area contributed by atoms with Crippen LogP contribution in [0, 0.1) is 5.92 Å². The first-order valence-electron chi connectivity index (χ1n) is 7.06. The molecule has 1 aromatic rings. The molecule has 1 saturated heterocycles. The van der Waals surface area contributed by atoms with Crippen molar-refractivity contribution in [2.45, 2.75) is 32.2 Å². The fraction of sp³-hybridized carbons (Fsp3) is 0.714. The summed E-state index contributed by atoms with van der Waals surface area (Å²) < 4.78 is 5.36. The number of carbonyl (C=O) groups excluding carboxylic acids is 1. The number of thiazole rings is 1. The average Bonchev–Trinajstić information content (AvgIpc) is 3.11. The first-order chi connectivity index (χ1) is 9.58. The molecule has 1 aromatic heterocycles. The summed E-state index contributed by atoms with van der Waals surface area (Å²) in [4.78, 5) is 18.2. The van der Waals surface area contributed by atoms with Crippen LogP contribution in [0.1, 0.15) is 31.2 Å². The second-order valence-corrected chi connectivity index (χ2v) is 6.44. The van der Waals surface area contributed by atoms with Crippen molar-refractivity contribution >= 4 is 17.4 Å². The van der Waals surface area contributed by atoms with E-state index >= 15 is 0 Å². The third-order valence-corrected chi connectivity index (χ3v) is 4.80. The van der Waals surface area contributed by atoms with E-state index in [9.17, 15) is 4.79 Å². The summed E-state index contributed by atoms with van der Waals surface area (Å²) in [6.45, 7) is 6.38. The molecule has 1 N–H and O–H groups in total. The standard InChI is InChI=1S/C14H23N3O2S/c1-10(13-15-5-7-20-13)8-17(3)14(18)16-11(2)12-4-6-19-9-12/h5,7,10-12H,4,6,8-9H2,1-3H3,(H,16,18). The van der Waals surface area contributed by atoms with E-state index in [1.54, 1.807) is 22.4 Å². The van der Waals surface area contributed by atoms with Crippen molar-refractivity contribution in [3.63, 3.8) is 0 Å². The lowest BCUT2D eigenvalue weighted by molar-refractivity contribution is 0.173. The molecule has 0 spiro atoms. The van der Waals surface area contributed by atoms with Crippen LogP contribution in [0.15, 0.2) is 11.6 Å². The van der Waals surface area contributed by atoms with Crippen LogP contribution in [-0.4, -0.2) is 48.8 Å². The van der Waals surface area contributed by atoms with Crippen molar-refractivity contribution in [2.75, 3.05) is 26.8 Å². The van der Waals surface area contributed by atoms with Crippen molar-refractivity contribution < 1.29 is 9.53 Å². The van der Waals surface area contributed by atoms with Crippen LogP contribution in [0.25, 0.3) is 0 Å². The summed E-state index contributed by atoms with van der Waals surface area (Å²) in [7, 11) is 1.83. The Morgan fingerprint density at radius 3 is 3.05 bits per heavy atom. The summed E-state index contributed by atoms with van der Waals surface area (Å²) in [5, 5.41) is 6.10. The summed E-state index contributed by atoms with van der Waals surface area (Å²) >= 11 is 1.63. The minimum absolute atomic E-state index is 0.0205. The van der Waals surface area contributed by atoms with Crippen molar-refractivity contribution in [3.05, 3.63) is 16.6 Å². The highest BCUT2D eigenvalue weighted by Crippen LogP contribution is 2.19. The predicted molar refractivity (Wildman–Crippen MR) is 80.1 cm³/mol. The zero-order valence-electron chi connectivity index (χ0n) is 12.3. The van der Waals surface area contributed by atoms with Gasteiger partial charge in [0.05, 0.1) is 11.6 Å². The highest BCUT2D eigenvalue weighted by molar-refractivity contribution is 7.09. The van der Waals surface area contributed by atoms with Crippen LogP contribution in [-0.2, 0) is 4.74 Å². The van der Waals surface area contributed by atoms with Gasteiger partial charge in [-0.3, -0.25) is 0 Å². The monoisotopic (exact) mass is 297 g/mol. The Morgan fingerprint density at radius 2 is 2.45 bits per heavy atom. The number of amides is 2. The molecule has 0 saturated carbocycles. The molecule has 2 heterocycles. The molecular weight excluding hydrogens is 274 g/mol. The van der Waals surface area contributed by atoms with Crippen LogP contribution in [0.2, 0.25) is 0 Å². The van der Waals surface area contributed by atoms with Gasteiger partial charge in [0, 0.05) is 49.7 Å². The van der Waals surface area contributed by atoms with Crippen molar-refractivity contribution in [1.29, 1.82) is 0 Å². The number of urea groups is 1. The van der Waals surface area contributed by atoms with Gasteiger partial charge in [0.25, 0.3) is 0 Å². The quantitative estimate of drug-likeness (QED) is 0.907. The topological polar surface area (TPSA) is 54.5 Å². The Labute approximate surface area is 124 Å². The van der Waals surface area contributed by atoms with E-state index in [-0.39, 0.29) is 18.0 Å². The van der Waals surface area contributed by atoms with E-state index < -0.39 is 0 Å². The van der Waals surface area contributed by atoms with Gasteiger partial charge in [0.15, 0.2) is 0 Å². The van der Waals surface area contributed by atoms with Crippen LogP contribution in [0.4, 0.5) is 4.79 Å². The van der Waals surface area contributed by atoms with Crippen LogP contribution in [0.5, 0.6) is 0 Å². The number of hydrogen-bond acceptors (Lipinski definition) is 4. The second-order valence-electron chi connectivity index (χ2n) is 5.51. The third kappa shape index (κ3) is 3.93. The Hall–Kier alpha value is -1.14. The smallest absolute Gasteiger partial charge is 0.317 e. The van der Waals surface area contributed by atoms with Gasteiger partial charge in [-0.05, 0) is 13.3 Å². The van der Waals surface area contributed by atoms with Gasteiger partial charge >= 0.3 is 6.03 Å². The second kappa shape index (κ2) is 7.04. The Kier molecular flexibility index (Phi) is 5.37. The lowest BCUT2D eigenvalue weighted by Crippen LogP contribution is -2.45. The molecule has 5 nitrogen and oxygen atoms in total. The van der Waals surface area contributed by atoms with E-state index in [4.69, 9.17) is 4.74 Å². The van der Waals surface area contributed by atoms with Crippen LogP contribution in [0.3, 0.4) is 0 Å². The molecule has 112 valence electrons. The van der Waals surface area contributed by atoms with Gasteiger partial charge in [-0.15, -0.1) is 11.3 Å². The van der Waals surface area contributed by atoms with Gasteiger partial charge in [-0.1, -0.05) is 6.92 Å². The number of nitrogens with one attached hydrogen (secondary N) is 1. The Morgan fingerprint density at radius 1 is 1.65 bits per heavy atom. The predicted octanol–water partition coefficient (Wildman–Crippen LogP) is 2.31. The Bertz CT molecular complexity index is 418. The maximum atomic E-state index is 12.2. The molecule has 3 atom stereocenters. The molecule has 1 aliphatic rings. The number of likely N-dealkylation sites (N-methyl/N-ethyl adjacent to an activating group) is 1. The number of hydrogen-bond donors (Lipinski definition) is 1. The van der Waals surface area contributed by atoms with E-state index in [1.165, 1.54) is 0 Å². The van der Waals surface area contributed by atoms with Crippen molar-refractivity contribution in [2.24, 2.45) is 5.92 Å². The summed E-state index contributed by atoms with van der Waals surface area (Å²) in [6.07, 6.45) is 2.83.